The van der Waals surface area contributed by atoms with Gasteiger partial charge in [-0.15, -0.1) is 12.4 Å². The molecule has 120 valence electrons. The molecule has 3 fully saturated rings. The van der Waals surface area contributed by atoms with Crippen LogP contribution in [0.2, 0.25) is 0 Å². The Morgan fingerprint density at radius 1 is 1.18 bits per heavy atom. The molecule has 3 nitrogen and oxygen atoms in total. The Balaban J connectivity index is 0.00000144. The third kappa shape index (κ3) is 2.63. The van der Waals surface area contributed by atoms with E-state index in [0.717, 1.165) is 31.5 Å². The van der Waals surface area contributed by atoms with Gasteiger partial charge in [0, 0.05) is 25.0 Å². The number of halogens is 2. The van der Waals surface area contributed by atoms with E-state index in [1.54, 1.807) is 0 Å². The average Bonchev–Trinajstić information content (AvgIpc) is 3.04. The van der Waals surface area contributed by atoms with E-state index in [-0.39, 0.29) is 42.0 Å². The van der Waals surface area contributed by atoms with Crippen LogP contribution >= 0.6 is 12.4 Å². The van der Waals surface area contributed by atoms with Crippen molar-refractivity contribution in [2.75, 3.05) is 13.1 Å². The summed E-state index contributed by atoms with van der Waals surface area (Å²) in [4.78, 5) is 14.6. The van der Waals surface area contributed by atoms with E-state index in [1.165, 1.54) is 18.6 Å². The molecule has 1 heterocycles. The number of hydrogen-bond donors (Lipinski definition) is 1. The average molecular weight is 325 g/mol. The molecule has 1 aromatic rings. The first kappa shape index (κ1) is 15.8. The van der Waals surface area contributed by atoms with Crippen LogP contribution in [0.15, 0.2) is 24.3 Å². The summed E-state index contributed by atoms with van der Waals surface area (Å²) in [6.07, 6.45) is 3.18. The number of fused-ring (bicyclic) bond motifs is 1. The maximum absolute atomic E-state index is 13.0. The fraction of sp³-hybridized carbons (Fsp3) is 0.588. The Hall–Kier alpha value is -1.13. The monoisotopic (exact) mass is 324 g/mol. The molecule has 4 rings (SSSR count). The van der Waals surface area contributed by atoms with Gasteiger partial charge in [0.1, 0.15) is 5.82 Å². The third-order valence-corrected chi connectivity index (χ3v) is 5.63. The number of carbonyl (C=O) groups is 1. The van der Waals surface area contributed by atoms with Crippen molar-refractivity contribution in [2.24, 2.45) is 23.5 Å². The molecule has 0 radical (unpaired) electrons. The molecule has 1 aliphatic heterocycles. The van der Waals surface area contributed by atoms with Crippen LogP contribution in [0.5, 0.6) is 0 Å². The van der Waals surface area contributed by atoms with Crippen molar-refractivity contribution in [3.63, 3.8) is 0 Å². The largest absolute Gasteiger partial charge is 0.342 e. The summed E-state index contributed by atoms with van der Waals surface area (Å²) in [7, 11) is 0. The minimum atomic E-state index is -0.219. The Morgan fingerprint density at radius 3 is 2.59 bits per heavy atom. The Bertz CT molecular complexity index is 564. The van der Waals surface area contributed by atoms with Gasteiger partial charge < -0.3 is 10.6 Å². The molecule has 2 saturated carbocycles. The number of nitrogens with zero attached hydrogens (tertiary/aromatic N) is 1. The van der Waals surface area contributed by atoms with Crippen LogP contribution in [-0.2, 0) is 4.79 Å². The van der Waals surface area contributed by atoms with E-state index in [9.17, 15) is 9.18 Å². The van der Waals surface area contributed by atoms with Crippen molar-refractivity contribution >= 4 is 18.3 Å². The van der Waals surface area contributed by atoms with E-state index in [4.69, 9.17) is 5.73 Å². The molecule has 1 aromatic carbocycles. The Labute approximate surface area is 136 Å². The zero-order valence-electron chi connectivity index (χ0n) is 12.5. The topological polar surface area (TPSA) is 46.3 Å². The van der Waals surface area contributed by atoms with Crippen LogP contribution in [0, 0.1) is 23.6 Å². The minimum absolute atomic E-state index is 0. The predicted octanol–water partition coefficient (Wildman–Crippen LogP) is 2.55. The summed E-state index contributed by atoms with van der Waals surface area (Å²) in [5.74, 6) is 1.58. The van der Waals surface area contributed by atoms with Crippen molar-refractivity contribution in [3.8, 4) is 0 Å². The number of amides is 1. The van der Waals surface area contributed by atoms with Gasteiger partial charge in [0.15, 0.2) is 0 Å². The van der Waals surface area contributed by atoms with Crippen molar-refractivity contribution in [1.29, 1.82) is 0 Å². The molecule has 3 aliphatic rings. The van der Waals surface area contributed by atoms with Crippen LogP contribution in [0.3, 0.4) is 0 Å². The smallest absolute Gasteiger partial charge is 0.226 e. The van der Waals surface area contributed by atoms with Gasteiger partial charge in [-0.1, -0.05) is 12.1 Å². The van der Waals surface area contributed by atoms with E-state index in [0.29, 0.717) is 11.8 Å². The van der Waals surface area contributed by atoms with Crippen LogP contribution in [0.1, 0.15) is 30.7 Å². The summed E-state index contributed by atoms with van der Waals surface area (Å²) in [5.41, 5.74) is 7.22. The SMILES string of the molecule is Cl.NC1CCC2CN(C(=O)C3CC3c3ccc(F)cc3)CC12. The lowest BCUT2D eigenvalue weighted by Crippen LogP contribution is -2.34. The normalized spacial score (nSPS) is 35.9. The van der Waals surface area contributed by atoms with E-state index in [2.05, 4.69) is 0 Å². The number of nitrogens with two attached hydrogens (primary N) is 1. The van der Waals surface area contributed by atoms with Gasteiger partial charge in [-0.3, -0.25) is 4.79 Å². The fourth-order valence-electron chi connectivity index (χ4n) is 4.27. The van der Waals surface area contributed by atoms with Crippen LogP contribution in [-0.4, -0.2) is 29.9 Å². The molecule has 5 heteroatoms. The van der Waals surface area contributed by atoms with Crippen LogP contribution in [0.25, 0.3) is 0 Å². The lowest BCUT2D eigenvalue weighted by Gasteiger charge is -2.19. The second-order valence-electron chi connectivity index (χ2n) is 6.91. The number of rotatable bonds is 2. The fourth-order valence-corrected chi connectivity index (χ4v) is 4.27. The predicted molar refractivity (Wildman–Crippen MR) is 85.3 cm³/mol. The highest BCUT2D eigenvalue weighted by atomic mass is 35.5. The van der Waals surface area contributed by atoms with Gasteiger partial charge >= 0.3 is 0 Å². The summed E-state index contributed by atoms with van der Waals surface area (Å²) < 4.78 is 13.0. The molecule has 5 unspecified atom stereocenters. The van der Waals surface area contributed by atoms with Crippen LogP contribution in [0.4, 0.5) is 4.39 Å². The molecule has 2 N–H and O–H groups in total. The molecule has 0 spiro atoms. The first-order chi connectivity index (χ1) is 10.1. The van der Waals surface area contributed by atoms with Gasteiger partial charge in [-0.25, -0.2) is 4.39 Å². The van der Waals surface area contributed by atoms with Gasteiger partial charge in [0.05, 0.1) is 0 Å². The highest BCUT2D eigenvalue weighted by molar-refractivity contribution is 5.85. The number of carbonyl (C=O) groups excluding carboxylic acids is 1. The third-order valence-electron chi connectivity index (χ3n) is 5.63. The second kappa shape index (κ2) is 5.82. The molecule has 0 bridgehead atoms. The summed E-state index contributed by atoms with van der Waals surface area (Å²) >= 11 is 0. The van der Waals surface area contributed by atoms with E-state index < -0.39 is 0 Å². The van der Waals surface area contributed by atoms with Gasteiger partial charge in [-0.05, 0) is 54.7 Å². The molecule has 0 aromatic heterocycles. The quantitative estimate of drug-likeness (QED) is 0.908. The summed E-state index contributed by atoms with van der Waals surface area (Å²) in [6, 6.07) is 6.85. The zero-order valence-corrected chi connectivity index (χ0v) is 13.3. The van der Waals surface area contributed by atoms with Gasteiger partial charge in [0.25, 0.3) is 0 Å². The second-order valence-corrected chi connectivity index (χ2v) is 6.91. The molecule has 22 heavy (non-hydrogen) atoms. The van der Waals surface area contributed by atoms with E-state index >= 15 is 0 Å². The molecular weight excluding hydrogens is 303 g/mol. The lowest BCUT2D eigenvalue weighted by molar-refractivity contribution is -0.131. The van der Waals surface area contributed by atoms with E-state index in [1.807, 2.05) is 17.0 Å². The lowest BCUT2D eigenvalue weighted by atomic mass is 9.98. The molecular formula is C17H22ClFN2O. The molecule has 1 amide bonds. The highest BCUT2D eigenvalue weighted by Gasteiger charge is 2.49. The number of hydrogen-bond acceptors (Lipinski definition) is 2. The maximum Gasteiger partial charge on any atom is 0.226 e. The zero-order chi connectivity index (χ0) is 14.6. The van der Waals surface area contributed by atoms with Crippen molar-refractivity contribution < 1.29 is 9.18 Å². The first-order valence-corrected chi connectivity index (χ1v) is 7.93. The number of likely N-dealkylation sites (tertiary alicyclic amines) is 1. The maximum atomic E-state index is 13.0. The van der Waals surface area contributed by atoms with Gasteiger partial charge in [0.2, 0.25) is 5.91 Å². The van der Waals surface area contributed by atoms with Crippen LogP contribution < -0.4 is 5.73 Å². The Morgan fingerprint density at radius 2 is 1.91 bits per heavy atom. The first-order valence-electron chi connectivity index (χ1n) is 7.93. The van der Waals surface area contributed by atoms with Gasteiger partial charge in [-0.2, -0.15) is 0 Å². The van der Waals surface area contributed by atoms with Crippen molar-refractivity contribution in [1.82, 2.24) is 4.90 Å². The molecule has 1 saturated heterocycles. The minimum Gasteiger partial charge on any atom is -0.342 e. The number of benzene rings is 1. The van der Waals surface area contributed by atoms with Crippen molar-refractivity contribution in [2.45, 2.75) is 31.2 Å². The Kier molecular flexibility index (Phi) is 4.17. The standard InChI is InChI=1S/C17H21FN2O.ClH/c18-12-4-1-10(2-5-12)13-7-14(13)17(21)20-8-11-3-6-16(19)15(11)9-20;/h1-2,4-5,11,13-16H,3,6-9,19H2;1H. The highest BCUT2D eigenvalue weighted by Crippen LogP contribution is 2.49. The summed E-state index contributed by atoms with van der Waals surface area (Å²) in [6.45, 7) is 1.74. The summed E-state index contributed by atoms with van der Waals surface area (Å²) in [5, 5.41) is 0. The molecule has 5 atom stereocenters. The van der Waals surface area contributed by atoms with Crippen molar-refractivity contribution in [3.05, 3.63) is 35.6 Å². The molecule has 2 aliphatic carbocycles.